The van der Waals surface area contributed by atoms with Crippen molar-refractivity contribution in [3.05, 3.63) is 57.5 Å². The molecular formula is C17H20N4OS. The molecule has 0 radical (unpaired) electrons. The zero-order valence-electron chi connectivity index (χ0n) is 13.5. The number of hydrogen-bond donors (Lipinski definition) is 1. The summed E-state index contributed by atoms with van der Waals surface area (Å²) in [4.78, 5) is 21.5. The fourth-order valence-electron chi connectivity index (χ4n) is 2.47. The Morgan fingerprint density at radius 3 is 2.65 bits per heavy atom. The third-order valence-electron chi connectivity index (χ3n) is 3.61. The average molecular weight is 328 g/mol. The van der Waals surface area contributed by atoms with Crippen molar-refractivity contribution >= 4 is 17.5 Å². The Labute approximate surface area is 139 Å². The first-order valence-electron chi connectivity index (χ1n) is 7.69. The number of rotatable bonds is 5. The summed E-state index contributed by atoms with van der Waals surface area (Å²) in [6.07, 6.45) is 0.728. The zero-order chi connectivity index (χ0) is 16.4. The number of aromatic nitrogens is 4. The number of fused-ring (bicyclic) bond motifs is 1. The molecule has 0 saturated carbocycles. The van der Waals surface area contributed by atoms with E-state index in [-0.39, 0.29) is 5.56 Å². The van der Waals surface area contributed by atoms with E-state index >= 15 is 0 Å². The molecule has 5 nitrogen and oxygen atoms in total. The summed E-state index contributed by atoms with van der Waals surface area (Å²) in [7, 11) is 0. The Morgan fingerprint density at radius 2 is 1.96 bits per heavy atom. The Balaban J connectivity index is 1.89. The van der Waals surface area contributed by atoms with Gasteiger partial charge < -0.3 is 0 Å². The van der Waals surface area contributed by atoms with Crippen LogP contribution in [0.1, 0.15) is 30.7 Å². The maximum absolute atomic E-state index is 12.6. The van der Waals surface area contributed by atoms with E-state index in [4.69, 9.17) is 0 Å². The lowest BCUT2D eigenvalue weighted by Gasteiger charge is -2.06. The predicted octanol–water partition coefficient (Wildman–Crippen LogP) is 3.22. The molecule has 0 amide bonds. The van der Waals surface area contributed by atoms with Crippen LogP contribution in [0.5, 0.6) is 0 Å². The lowest BCUT2D eigenvalue weighted by Crippen LogP contribution is -2.23. The molecule has 0 spiro atoms. The molecule has 1 N–H and O–H groups in total. The number of aromatic amines is 1. The van der Waals surface area contributed by atoms with Crippen molar-refractivity contribution in [2.24, 2.45) is 5.92 Å². The number of thioether (sulfide) groups is 1. The van der Waals surface area contributed by atoms with E-state index in [0.29, 0.717) is 16.9 Å². The minimum absolute atomic E-state index is 0.0414. The highest BCUT2D eigenvalue weighted by molar-refractivity contribution is 7.98. The molecule has 0 aliphatic heterocycles. The van der Waals surface area contributed by atoms with Crippen LogP contribution < -0.4 is 5.56 Å². The minimum Gasteiger partial charge on any atom is -0.267 e. The topological polar surface area (TPSA) is 63.1 Å². The average Bonchev–Trinajstić information content (AvgIpc) is 2.93. The smallest absolute Gasteiger partial charge is 0.267 e. The fourth-order valence-corrected chi connectivity index (χ4v) is 3.27. The highest BCUT2D eigenvalue weighted by atomic mass is 32.2. The molecule has 2 aromatic heterocycles. The van der Waals surface area contributed by atoms with Gasteiger partial charge in [-0.2, -0.15) is 9.50 Å². The van der Waals surface area contributed by atoms with Crippen molar-refractivity contribution in [3.8, 4) is 0 Å². The summed E-state index contributed by atoms with van der Waals surface area (Å²) in [5, 5.41) is 3.78. The number of nitrogens with zero attached hydrogens (tertiary/aromatic N) is 3. The molecule has 0 saturated heterocycles. The molecule has 0 aliphatic rings. The van der Waals surface area contributed by atoms with Gasteiger partial charge in [0.2, 0.25) is 0 Å². The molecule has 2 heterocycles. The molecule has 6 heteroatoms. The SMILES string of the molecule is Cc1nc2nc(SCc3ccccc3)[nH]n2c(=O)c1CC(C)C. The van der Waals surface area contributed by atoms with E-state index in [1.165, 1.54) is 10.1 Å². The fraction of sp³-hybridized carbons (Fsp3) is 0.353. The van der Waals surface area contributed by atoms with Crippen molar-refractivity contribution in [1.29, 1.82) is 0 Å². The second-order valence-electron chi connectivity index (χ2n) is 6.02. The van der Waals surface area contributed by atoms with Crippen LogP contribution in [0.25, 0.3) is 5.78 Å². The van der Waals surface area contributed by atoms with Gasteiger partial charge >= 0.3 is 0 Å². The van der Waals surface area contributed by atoms with Crippen LogP contribution >= 0.6 is 11.8 Å². The third kappa shape index (κ3) is 3.47. The van der Waals surface area contributed by atoms with Crippen LogP contribution in [0.4, 0.5) is 0 Å². The second kappa shape index (κ2) is 6.58. The van der Waals surface area contributed by atoms with Crippen molar-refractivity contribution in [2.45, 2.75) is 38.1 Å². The van der Waals surface area contributed by atoms with E-state index in [9.17, 15) is 4.79 Å². The van der Waals surface area contributed by atoms with Crippen molar-refractivity contribution in [1.82, 2.24) is 19.6 Å². The predicted molar refractivity (Wildman–Crippen MR) is 92.9 cm³/mol. The molecule has 0 atom stereocenters. The van der Waals surface area contributed by atoms with E-state index in [1.807, 2.05) is 25.1 Å². The van der Waals surface area contributed by atoms with Crippen LogP contribution in [-0.4, -0.2) is 19.6 Å². The summed E-state index contributed by atoms with van der Waals surface area (Å²) in [6, 6.07) is 10.2. The van der Waals surface area contributed by atoms with Gasteiger partial charge in [0.25, 0.3) is 11.3 Å². The first-order valence-corrected chi connectivity index (χ1v) is 8.68. The molecule has 3 rings (SSSR count). The van der Waals surface area contributed by atoms with Gasteiger partial charge in [-0.3, -0.25) is 9.89 Å². The van der Waals surface area contributed by atoms with E-state index in [2.05, 4.69) is 41.0 Å². The van der Waals surface area contributed by atoms with Crippen LogP contribution in [0.3, 0.4) is 0 Å². The van der Waals surface area contributed by atoms with E-state index in [1.54, 1.807) is 11.8 Å². The molecule has 0 aliphatic carbocycles. The first-order chi connectivity index (χ1) is 11.0. The van der Waals surface area contributed by atoms with E-state index < -0.39 is 0 Å². The highest BCUT2D eigenvalue weighted by Crippen LogP contribution is 2.19. The van der Waals surface area contributed by atoms with Gasteiger partial charge in [-0.1, -0.05) is 55.9 Å². The summed E-state index contributed by atoms with van der Waals surface area (Å²) in [6.45, 7) is 6.08. The Hall–Kier alpha value is -2.08. The number of hydrogen-bond acceptors (Lipinski definition) is 4. The monoisotopic (exact) mass is 328 g/mol. The Morgan fingerprint density at radius 1 is 1.22 bits per heavy atom. The maximum atomic E-state index is 12.6. The Kier molecular flexibility index (Phi) is 4.52. The molecule has 23 heavy (non-hydrogen) atoms. The van der Waals surface area contributed by atoms with Gasteiger partial charge in [0, 0.05) is 11.3 Å². The van der Waals surface area contributed by atoms with Crippen molar-refractivity contribution in [3.63, 3.8) is 0 Å². The molecule has 120 valence electrons. The van der Waals surface area contributed by atoms with Gasteiger partial charge in [0.1, 0.15) is 0 Å². The Bertz CT molecular complexity index is 867. The zero-order valence-corrected chi connectivity index (χ0v) is 14.4. The molecule has 1 aromatic carbocycles. The molecule has 3 aromatic rings. The summed E-state index contributed by atoms with van der Waals surface area (Å²) >= 11 is 1.57. The molecular weight excluding hydrogens is 308 g/mol. The quantitative estimate of drug-likeness (QED) is 0.731. The van der Waals surface area contributed by atoms with Gasteiger partial charge in [-0.15, -0.1) is 0 Å². The van der Waals surface area contributed by atoms with Crippen LogP contribution in [0, 0.1) is 12.8 Å². The number of H-pyrrole nitrogens is 1. The van der Waals surface area contributed by atoms with Crippen molar-refractivity contribution < 1.29 is 0 Å². The maximum Gasteiger partial charge on any atom is 0.277 e. The second-order valence-corrected chi connectivity index (χ2v) is 6.98. The standard InChI is InChI=1S/C17H20N4OS/c1-11(2)9-14-12(3)18-16-19-17(20-21(16)15(14)22)23-10-13-7-5-4-6-8-13/h4-8,11H,9-10H2,1-3H3,(H,18,19,20). The molecule has 0 bridgehead atoms. The number of nitrogens with one attached hydrogen (secondary N) is 1. The number of benzene rings is 1. The highest BCUT2D eigenvalue weighted by Gasteiger charge is 2.14. The minimum atomic E-state index is -0.0414. The number of aryl methyl sites for hydroxylation is 1. The van der Waals surface area contributed by atoms with Gasteiger partial charge in [0.05, 0.1) is 5.69 Å². The van der Waals surface area contributed by atoms with Crippen molar-refractivity contribution in [2.75, 3.05) is 0 Å². The lowest BCUT2D eigenvalue weighted by atomic mass is 10.0. The van der Waals surface area contributed by atoms with Gasteiger partial charge in [-0.25, -0.2) is 4.98 Å². The van der Waals surface area contributed by atoms with Crippen LogP contribution in [0.2, 0.25) is 0 Å². The van der Waals surface area contributed by atoms with Crippen LogP contribution in [-0.2, 0) is 12.2 Å². The normalized spacial score (nSPS) is 11.5. The van der Waals surface area contributed by atoms with Crippen LogP contribution in [0.15, 0.2) is 40.3 Å². The molecule has 0 unspecified atom stereocenters. The molecule has 0 fully saturated rings. The van der Waals surface area contributed by atoms with Gasteiger partial charge in [0.15, 0.2) is 5.16 Å². The summed E-state index contributed by atoms with van der Waals surface area (Å²) in [5.74, 6) is 1.65. The van der Waals surface area contributed by atoms with E-state index in [0.717, 1.165) is 23.4 Å². The first kappa shape index (κ1) is 15.8. The summed E-state index contributed by atoms with van der Waals surface area (Å²) in [5.41, 5.74) is 2.71. The summed E-state index contributed by atoms with van der Waals surface area (Å²) < 4.78 is 1.46. The lowest BCUT2D eigenvalue weighted by molar-refractivity contribution is 0.631. The van der Waals surface area contributed by atoms with Gasteiger partial charge in [-0.05, 0) is 24.8 Å². The largest absolute Gasteiger partial charge is 0.277 e. The third-order valence-corrected chi connectivity index (χ3v) is 4.54.